The maximum Gasteiger partial charge on any atom is 0.492 e. The van der Waals surface area contributed by atoms with Crippen LogP contribution in [0.3, 0.4) is 0 Å². The van der Waals surface area contributed by atoms with Gasteiger partial charge in [-0.15, -0.1) is 0 Å². The summed E-state index contributed by atoms with van der Waals surface area (Å²) in [4.78, 5) is 16.5. The molecule has 8 nitrogen and oxygen atoms in total. The normalized spacial score (nSPS) is 18.7. The predicted molar refractivity (Wildman–Crippen MR) is 116 cm³/mol. The smallest absolute Gasteiger partial charge is 0.444 e. The first-order chi connectivity index (χ1) is 13.8. The van der Waals surface area contributed by atoms with Crippen molar-refractivity contribution in [3.63, 3.8) is 0 Å². The Morgan fingerprint density at radius 2 is 1.93 bits per heavy atom. The molecule has 30 heavy (non-hydrogen) atoms. The van der Waals surface area contributed by atoms with E-state index in [-0.39, 0.29) is 6.54 Å². The third-order valence-electron chi connectivity index (χ3n) is 5.10. The minimum atomic E-state index is -0.654. The molecular weight excluding hydrogens is 407 g/mol. The number of alkyl carbamates (subject to hydrolysis) is 1. The molecule has 162 valence electrons. The van der Waals surface area contributed by atoms with Crippen molar-refractivity contribution in [3.05, 3.63) is 34.6 Å². The molecule has 1 amide bonds. The van der Waals surface area contributed by atoms with Gasteiger partial charge >= 0.3 is 13.2 Å². The predicted octanol–water partition coefficient (Wildman–Crippen LogP) is 3.92. The van der Waals surface area contributed by atoms with Crippen molar-refractivity contribution >= 4 is 36.5 Å². The summed E-state index contributed by atoms with van der Waals surface area (Å²) in [5, 5.41) is 7.44. The van der Waals surface area contributed by atoms with E-state index < -0.39 is 30.0 Å². The van der Waals surface area contributed by atoms with E-state index in [4.69, 9.17) is 25.6 Å². The van der Waals surface area contributed by atoms with Gasteiger partial charge in [0.25, 0.3) is 0 Å². The molecular formula is C20H28BClN4O4. The summed E-state index contributed by atoms with van der Waals surface area (Å²) in [6.45, 7) is 13.5. The Hall–Kier alpha value is -2.10. The van der Waals surface area contributed by atoms with Gasteiger partial charge in [-0.2, -0.15) is 5.10 Å². The van der Waals surface area contributed by atoms with Gasteiger partial charge in [0, 0.05) is 18.3 Å². The van der Waals surface area contributed by atoms with Gasteiger partial charge in [-0.3, -0.25) is 0 Å². The van der Waals surface area contributed by atoms with Crippen molar-refractivity contribution < 1.29 is 18.8 Å². The standard InChI is InChI=1S/C20H28BClN4O4/c1-18(2,3)28-17(27)23-12-14(21-29-19(4,5)20(6,7)30-21)10-13-11-24-26-9-8-15(22)25-16(13)26/h8-11H,12H2,1-7H3,(H,23,27). The van der Waals surface area contributed by atoms with Crippen LogP contribution in [0.25, 0.3) is 11.7 Å². The molecule has 0 aliphatic carbocycles. The molecule has 0 aromatic carbocycles. The summed E-state index contributed by atoms with van der Waals surface area (Å²) in [6.07, 6.45) is 4.74. The van der Waals surface area contributed by atoms with Gasteiger partial charge in [0.15, 0.2) is 5.65 Å². The number of carbonyl (C=O) groups is 1. The van der Waals surface area contributed by atoms with Crippen LogP contribution >= 0.6 is 11.6 Å². The SMILES string of the molecule is CC(C)(C)OC(=O)NCC(=Cc1cnn2ccc(Cl)nc12)B1OC(C)(C)C(C)(C)O1. The van der Waals surface area contributed by atoms with Crippen molar-refractivity contribution in [1.29, 1.82) is 0 Å². The average Bonchev–Trinajstić information content (AvgIpc) is 3.07. The second-order valence-electron chi connectivity index (χ2n) is 9.28. The summed E-state index contributed by atoms with van der Waals surface area (Å²) < 4.78 is 19.3. The molecule has 1 saturated heterocycles. The zero-order valence-electron chi connectivity index (χ0n) is 18.4. The lowest BCUT2D eigenvalue weighted by atomic mass is 9.77. The number of aromatic nitrogens is 3. The van der Waals surface area contributed by atoms with Crippen LogP contribution in [-0.4, -0.2) is 51.2 Å². The van der Waals surface area contributed by atoms with Crippen molar-refractivity contribution in [2.24, 2.45) is 0 Å². The lowest BCUT2D eigenvalue weighted by Gasteiger charge is -2.32. The highest BCUT2D eigenvalue weighted by molar-refractivity contribution is 6.56. The summed E-state index contributed by atoms with van der Waals surface area (Å²) in [5.74, 6) is 0. The fourth-order valence-electron chi connectivity index (χ4n) is 2.85. The lowest BCUT2D eigenvalue weighted by Crippen LogP contribution is -2.41. The molecule has 3 rings (SSSR count). The molecule has 3 heterocycles. The molecule has 0 bridgehead atoms. The topological polar surface area (TPSA) is 87.0 Å². The van der Waals surface area contributed by atoms with Gasteiger partial charge in [-0.05, 0) is 60.0 Å². The third kappa shape index (κ3) is 4.96. The molecule has 0 unspecified atom stereocenters. The minimum absolute atomic E-state index is 0.170. The van der Waals surface area contributed by atoms with Crippen molar-refractivity contribution in [2.45, 2.75) is 65.3 Å². The number of amides is 1. The number of ether oxygens (including phenoxy) is 1. The summed E-state index contributed by atoms with van der Waals surface area (Å²) in [5.41, 5.74) is 0.385. The fraction of sp³-hybridized carbons (Fsp3) is 0.550. The largest absolute Gasteiger partial charge is 0.492 e. The highest BCUT2D eigenvalue weighted by Crippen LogP contribution is 2.38. The second-order valence-corrected chi connectivity index (χ2v) is 9.67. The first-order valence-corrected chi connectivity index (χ1v) is 10.2. The number of fused-ring (bicyclic) bond motifs is 1. The van der Waals surface area contributed by atoms with E-state index in [0.717, 1.165) is 5.56 Å². The number of nitrogens with one attached hydrogen (secondary N) is 1. The molecule has 0 radical (unpaired) electrons. The molecule has 10 heteroatoms. The molecule has 0 saturated carbocycles. The number of hydrogen-bond donors (Lipinski definition) is 1. The summed E-state index contributed by atoms with van der Waals surface area (Å²) in [6, 6.07) is 1.66. The van der Waals surface area contributed by atoms with Gasteiger partial charge in [0.05, 0.1) is 17.4 Å². The number of hydrogen-bond acceptors (Lipinski definition) is 6. The average molecular weight is 435 g/mol. The van der Waals surface area contributed by atoms with Gasteiger partial charge < -0.3 is 19.4 Å². The Labute approximate surface area is 182 Å². The highest BCUT2D eigenvalue weighted by Gasteiger charge is 2.52. The highest BCUT2D eigenvalue weighted by atomic mass is 35.5. The Morgan fingerprint density at radius 3 is 2.53 bits per heavy atom. The number of halogens is 1. The third-order valence-corrected chi connectivity index (χ3v) is 5.31. The Bertz CT molecular complexity index is 965. The monoisotopic (exact) mass is 434 g/mol. The lowest BCUT2D eigenvalue weighted by molar-refractivity contribution is 0.00578. The van der Waals surface area contributed by atoms with Crippen LogP contribution in [0.4, 0.5) is 4.79 Å². The van der Waals surface area contributed by atoms with Gasteiger partial charge in [-0.25, -0.2) is 14.3 Å². The van der Waals surface area contributed by atoms with Crippen molar-refractivity contribution in [2.75, 3.05) is 6.54 Å². The van der Waals surface area contributed by atoms with Crippen molar-refractivity contribution in [3.8, 4) is 0 Å². The quantitative estimate of drug-likeness (QED) is 0.579. The van der Waals surface area contributed by atoms with Crippen LogP contribution in [0.5, 0.6) is 0 Å². The molecule has 1 aliphatic rings. The van der Waals surface area contributed by atoms with E-state index in [0.29, 0.717) is 16.3 Å². The molecule has 0 spiro atoms. The van der Waals surface area contributed by atoms with Crippen LogP contribution in [0.2, 0.25) is 5.15 Å². The molecule has 0 atom stereocenters. The summed E-state index contributed by atoms with van der Waals surface area (Å²) >= 11 is 6.05. The molecule has 2 aromatic heterocycles. The van der Waals surface area contributed by atoms with Gasteiger partial charge in [0.2, 0.25) is 0 Å². The Morgan fingerprint density at radius 1 is 1.30 bits per heavy atom. The second kappa shape index (κ2) is 7.87. The van der Waals surface area contributed by atoms with Crippen molar-refractivity contribution in [1.82, 2.24) is 19.9 Å². The van der Waals surface area contributed by atoms with Crippen LogP contribution in [-0.2, 0) is 14.0 Å². The van der Waals surface area contributed by atoms with E-state index in [9.17, 15) is 4.79 Å². The van der Waals surface area contributed by atoms with Crippen LogP contribution in [0.15, 0.2) is 23.9 Å². The number of carbonyl (C=O) groups excluding carboxylic acids is 1. The van der Waals surface area contributed by atoms with E-state index >= 15 is 0 Å². The summed E-state index contributed by atoms with van der Waals surface area (Å²) in [7, 11) is -0.654. The Balaban J connectivity index is 1.92. The minimum Gasteiger partial charge on any atom is -0.444 e. The van der Waals surface area contributed by atoms with Crippen LogP contribution in [0, 0.1) is 0 Å². The zero-order chi connectivity index (χ0) is 22.3. The first kappa shape index (κ1) is 22.6. The maximum atomic E-state index is 12.2. The maximum absolute atomic E-state index is 12.2. The van der Waals surface area contributed by atoms with E-state index in [1.807, 2.05) is 54.5 Å². The molecule has 1 aliphatic heterocycles. The number of rotatable bonds is 4. The zero-order valence-corrected chi connectivity index (χ0v) is 19.2. The Kier molecular flexibility index (Phi) is 5.92. The van der Waals surface area contributed by atoms with Gasteiger partial charge in [0.1, 0.15) is 10.8 Å². The molecule has 1 fully saturated rings. The fourth-order valence-corrected chi connectivity index (χ4v) is 2.99. The molecule has 2 aromatic rings. The van der Waals surface area contributed by atoms with E-state index in [1.165, 1.54) is 0 Å². The van der Waals surface area contributed by atoms with E-state index in [2.05, 4.69) is 15.4 Å². The van der Waals surface area contributed by atoms with Crippen LogP contribution in [0.1, 0.15) is 54.0 Å². The molecule has 1 N–H and O–H groups in total. The van der Waals surface area contributed by atoms with E-state index in [1.54, 1.807) is 23.0 Å². The van der Waals surface area contributed by atoms with Gasteiger partial charge in [-0.1, -0.05) is 17.7 Å². The number of nitrogens with zero attached hydrogens (tertiary/aromatic N) is 3. The first-order valence-electron chi connectivity index (χ1n) is 9.80. The van der Waals surface area contributed by atoms with Crippen LogP contribution < -0.4 is 5.32 Å².